The standard InChI is InChI=1S/C17H27N3O/c1-14-8-7-11-20(13-14)17(18-3)19-12-15(2)21-16-9-5-4-6-10-16/h4-6,9-10,14-15H,7-8,11-13H2,1-3H3,(H,18,19). The molecule has 1 aliphatic heterocycles. The van der Waals surface area contributed by atoms with E-state index >= 15 is 0 Å². The van der Waals surface area contributed by atoms with Crippen molar-refractivity contribution in [3.8, 4) is 5.75 Å². The van der Waals surface area contributed by atoms with Gasteiger partial charge in [0.2, 0.25) is 0 Å². The molecule has 0 saturated carbocycles. The zero-order valence-electron chi connectivity index (χ0n) is 13.4. The molecule has 1 saturated heterocycles. The van der Waals surface area contributed by atoms with Gasteiger partial charge >= 0.3 is 0 Å². The number of aliphatic imine (C=N–C) groups is 1. The molecule has 1 fully saturated rings. The maximum atomic E-state index is 5.88. The summed E-state index contributed by atoms with van der Waals surface area (Å²) in [5.74, 6) is 2.65. The Morgan fingerprint density at radius 3 is 2.86 bits per heavy atom. The maximum Gasteiger partial charge on any atom is 0.193 e. The molecule has 0 aromatic heterocycles. The molecule has 0 radical (unpaired) electrons. The summed E-state index contributed by atoms with van der Waals surface area (Å²) in [7, 11) is 1.85. The van der Waals surface area contributed by atoms with Gasteiger partial charge in [0.05, 0.1) is 6.54 Å². The Balaban J connectivity index is 1.80. The third-order valence-corrected chi connectivity index (χ3v) is 3.80. The molecule has 0 aliphatic carbocycles. The summed E-state index contributed by atoms with van der Waals surface area (Å²) >= 11 is 0. The summed E-state index contributed by atoms with van der Waals surface area (Å²) in [4.78, 5) is 6.75. The second-order valence-electron chi connectivity index (χ2n) is 5.86. The van der Waals surface area contributed by atoms with Crippen LogP contribution in [0.1, 0.15) is 26.7 Å². The lowest BCUT2D eigenvalue weighted by atomic mass is 10.0. The van der Waals surface area contributed by atoms with Gasteiger partial charge in [0.15, 0.2) is 5.96 Å². The van der Waals surface area contributed by atoms with Gasteiger partial charge in [-0.05, 0) is 37.8 Å². The van der Waals surface area contributed by atoms with Crippen molar-refractivity contribution >= 4 is 5.96 Å². The Labute approximate surface area is 128 Å². The summed E-state index contributed by atoms with van der Waals surface area (Å²) in [6, 6.07) is 9.94. The number of rotatable bonds is 4. The maximum absolute atomic E-state index is 5.88. The molecule has 0 spiro atoms. The van der Waals surface area contributed by atoms with Crippen molar-refractivity contribution in [2.24, 2.45) is 10.9 Å². The van der Waals surface area contributed by atoms with Crippen LogP contribution in [0.5, 0.6) is 5.75 Å². The van der Waals surface area contributed by atoms with Crippen LogP contribution >= 0.6 is 0 Å². The zero-order valence-corrected chi connectivity index (χ0v) is 13.4. The Bertz CT molecular complexity index is 447. The average molecular weight is 289 g/mol. The third kappa shape index (κ3) is 4.96. The molecule has 2 unspecified atom stereocenters. The number of benzene rings is 1. The van der Waals surface area contributed by atoms with Crippen LogP contribution in [0, 0.1) is 5.92 Å². The highest BCUT2D eigenvalue weighted by molar-refractivity contribution is 5.80. The Kier molecular flexibility index (Phi) is 5.90. The number of para-hydroxylation sites is 1. The topological polar surface area (TPSA) is 36.9 Å². The second-order valence-corrected chi connectivity index (χ2v) is 5.86. The quantitative estimate of drug-likeness (QED) is 0.684. The predicted octanol–water partition coefficient (Wildman–Crippen LogP) is 2.76. The van der Waals surface area contributed by atoms with Gasteiger partial charge in [-0.25, -0.2) is 0 Å². The van der Waals surface area contributed by atoms with Crippen molar-refractivity contribution in [1.29, 1.82) is 0 Å². The van der Waals surface area contributed by atoms with Gasteiger partial charge in [0.1, 0.15) is 11.9 Å². The van der Waals surface area contributed by atoms with Gasteiger partial charge in [-0.2, -0.15) is 0 Å². The molecule has 1 heterocycles. The highest BCUT2D eigenvalue weighted by Crippen LogP contribution is 2.15. The second kappa shape index (κ2) is 7.91. The van der Waals surface area contributed by atoms with Crippen molar-refractivity contribution in [2.75, 3.05) is 26.7 Å². The molecule has 0 bridgehead atoms. The molecule has 2 rings (SSSR count). The Hall–Kier alpha value is -1.71. The summed E-state index contributed by atoms with van der Waals surface area (Å²) in [5, 5.41) is 3.43. The van der Waals surface area contributed by atoms with E-state index in [1.807, 2.05) is 37.4 Å². The first-order chi connectivity index (χ1) is 10.2. The Morgan fingerprint density at radius 1 is 1.43 bits per heavy atom. The van der Waals surface area contributed by atoms with E-state index in [1.54, 1.807) is 0 Å². The lowest BCUT2D eigenvalue weighted by Crippen LogP contribution is -2.48. The number of nitrogens with zero attached hydrogens (tertiary/aromatic N) is 2. The molecule has 4 nitrogen and oxygen atoms in total. The molecule has 2 atom stereocenters. The fraction of sp³-hybridized carbons (Fsp3) is 0.588. The first-order valence-electron chi connectivity index (χ1n) is 7.86. The van der Waals surface area contributed by atoms with Crippen molar-refractivity contribution in [3.05, 3.63) is 30.3 Å². The minimum Gasteiger partial charge on any atom is -0.489 e. The van der Waals surface area contributed by atoms with E-state index < -0.39 is 0 Å². The average Bonchev–Trinajstić information content (AvgIpc) is 2.49. The van der Waals surface area contributed by atoms with Gasteiger partial charge in [0, 0.05) is 20.1 Å². The van der Waals surface area contributed by atoms with Gasteiger partial charge in [-0.15, -0.1) is 0 Å². The molecular weight excluding hydrogens is 262 g/mol. The molecule has 0 amide bonds. The molecular formula is C17H27N3O. The lowest BCUT2D eigenvalue weighted by molar-refractivity contribution is 0.218. The summed E-state index contributed by atoms with van der Waals surface area (Å²) in [5.41, 5.74) is 0. The van der Waals surface area contributed by atoms with Crippen molar-refractivity contribution in [2.45, 2.75) is 32.8 Å². The van der Waals surface area contributed by atoms with Gasteiger partial charge in [0.25, 0.3) is 0 Å². The molecule has 21 heavy (non-hydrogen) atoms. The van der Waals surface area contributed by atoms with Gasteiger partial charge < -0.3 is 15.0 Å². The van der Waals surface area contributed by atoms with Gasteiger partial charge in [-0.1, -0.05) is 25.1 Å². The number of hydrogen-bond donors (Lipinski definition) is 1. The Morgan fingerprint density at radius 2 is 2.19 bits per heavy atom. The molecule has 1 aliphatic rings. The van der Waals surface area contributed by atoms with E-state index in [4.69, 9.17) is 4.74 Å². The fourth-order valence-electron chi connectivity index (χ4n) is 2.72. The predicted molar refractivity (Wildman–Crippen MR) is 87.9 cm³/mol. The van der Waals surface area contributed by atoms with Crippen LogP contribution in [0.25, 0.3) is 0 Å². The lowest BCUT2D eigenvalue weighted by Gasteiger charge is -2.33. The van der Waals surface area contributed by atoms with Crippen LogP contribution in [-0.4, -0.2) is 43.6 Å². The largest absolute Gasteiger partial charge is 0.489 e. The van der Waals surface area contributed by atoms with E-state index in [1.165, 1.54) is 12.8 Å². The summed E-state index contributed by atoms with van der Waals surface area (Å²) < 4.78 is 5.88. The number of piperidine rings is 1. The minimum absolute atomic E-state index is 0.103. The number of guanidine groups is 1. The molecule has 1 N–H and O–H groups in total. The van der Waals surface area contributed by atoms with Crippen molar-refractivity contribution < 1.29 is 4.74 Å². The first-order valence-corrected chi connectivity index (χ1v) is 7.86. The molecule has 1 aromatic rings. The van der Waals surface area contributed by atoms with Crippen molar-refractivity contribution in [3.63, 3.8) is 0 Å². The van der Waals surface area contributed by atoms with Crippen LogP contribution in [0.2, 0.25) is 0 Å². The van der Waals surface area contributed by atoms with E-state index in [0.717, 1.165) is 37.3 Å². The summed E-state index contributed by atoms with van der Waals surface area (Å²) in [6.07, 6.45) is 2.67. The SMILES string of the molecule is CN=C(NCC(C)Oc1ccccc1)N1CCCC(C)C1. The minimum atomic E-state index is 0.103. The number of ether oxygens (including phenoxy) is 1. The number of hydrogen-bond acceptors (Lipinski definition) is 2. The van der Waals surface area contributed by atoms with Gasteiger partial charge in [-0.3, -0.25) is 4.99 Å². The molecule has 116 valence electrons. The zero-order chi connectivity index (χ0) is 15.1. The molecule has 1 aromatic carbocycles. The first kappa shape index (κ1) is 15.7. The van der Waals surface area contributed by atoms with Crippen LogP contribution in [0.3, 0.4) is 0 Å². The van der Waals surface area contributed by atoms with Crippen LogP contribution in [-0.2, 0) is 0 Å². The van der Waals surface area contributed by atoms with E-state index in [-0.39, 0.29) is 6.10 Å². The van der Waals surface area contributed by atoms with Crippen LogP contribution in [0.4, 0.5) is 0 Å². The molecule has 4 heteroatoms. The number of nitrogens with one attached hydrogen (secondary N) is 1. The monoisotopic (exact) mass is 289 g/mol. The normalized spacial score (nSPS) is 21.0. The van der Waals surface area contributed by atoms with E-state index in [0.29, 0.717) is 0 Å². The van der Waals surface area contributed by atoms with E-state index in [9.17, 15) is 0 Å². The van der Waals surface area contributed by atoms with Crippen molar-refractivity contribution in [1.82, 2.24) is 10.2 Å². The van der Waals surface area contributed by atoms with E-state index in [2.05, 4.69) is 29.1 Å². The summed E-state index contributed by atoms with van der Waals surface area (Å²) in [6.45, 7) is 7.32. The fourth-order valence-corrected chi connectivity index (χ4v) is 2.72. The van der Waals surface area contributed by atoms with Crippen LogP contribution < -0.4 is 10.1 Å². The highest BCUT2D eigenvalue weighted by atomic mass is 16.5. The third-order valence-electron chi connectivity index (χ3n) is 3.80. The highest BCUT2D eigenvalue weighted by Gasteiger charge is 2.19. The van der Waals surface area contributed by atoms with Crippen LogP contribution in [0.15, 0.2) is 35.3 Å². The number of likely N-dealkylation sites (tertiary alicyclic amines) is 1. The smallest absolute Gasteiger partial charge is 0.193 e.